The van der Waals surface area contributed by atoms with E-state index in [4.69, 9.17) is 28.4 Å². The molecule has 4 aliphatic heterocycles. The summed E-state index contributed by atoms with van der Waals surface area (Å²) in [5, 5.41) is 21.3. The van der Waals surface area contributed by atoms with Gasteiger partial charge in [-0.05, 0) is 64.2 Å². The van der Waals surface area contributed by atoms with Gasteiger partial charge in [-0.3, -0.25) is 0 Å². The topological polar surface area (TPSA) is 95.8 Å². The second-order valence-corrected chi connectivity index (χ2v) is 15.5. The number of hydrogen-bond donors (Lipinski definition) is 2. The van der Waals surface area contributed by atoms with Crippen molar-refractivity contribution >= 4 is 0 Å². The van der Waals surface area contributed by atoms with Crippen LogP contribution in [0.1, 0.15) is 119 Å². The Morgan fingerprint density at radius 1 is 0.622 bits per heavy atom. The van der Waals surface area contributed by atoms with Crippen LogP contribution < -0.4 is 0 Å². The number of unbranched alkanes of at least 4 members (excludes halogenated alkanes) is 1. The van der Waals surface area contributed by atoms with Crippen molar-refractivity contribution in [3.05, 3.63) is 0 Å². The molecule has 2 N–H and O–H groups in total. The van der Waals surface area contributed by atoms with Crippen LogP contribution in [0.3, 0.4) is 0 Å². The van der Waals surface area contributed by atoms with Gasteiger partial charge in [0.1, 0.15) is 0 Å². The van der Waals surface area contributed by atoms with Gasteiger partial charge < -0.3 is 38.6 Å². The molecule has 0 bridgehead atoms. The third-order valence-electron chi connectivity index (χ3n) is 12.0. The summed E-state index contributed by atoms with van der Waals surface area (Å²) in [6, 6.07) is 0. The lowest BCUT2D eigenvalue weighted by atomic mass is 9.68. The third kappa shape index (κ3) is 10.6. The molecule has 0 radical (unpaired) electrons. The van der Waals surface area contributed by atoms with E-state index >= 15 is 0 Å². The Morgan fingerprint density at radius 2 is 1.09 bits per heavy atom. The number of hydrogen-bond acceptors (Lipinski definition) is 8. The van der Waals surface area contributed by atoms with E-state index in [0.717, 1.165) is 150 Å². The minimum atomic E-state index is -0.317. The second kappa shape index (κ2) is 18.4. The molecule has 266 valence electrons. The van der Waals surface area contributed by atoms with Crippen molar-refractivity contribution in [2.45, 2.75) is 131 Å². The molecule has 0 spiro atoms. The van der Waals surface area contributed by atoms with Crippen LogP contribution in [0, 0.1) is 27.1 Å². The van der Waals surface area contributed by atoms with E-state index < -0.39 is 0 Å². The summed E-state index contributed by atoms with van der Waals surface area (Å²) in [4.78, 5) is 0. The number of aliphatic hydroxyl groups is 2. The Kier molecular flexibility index (Phi) is 16.0. The molecular formula is C37H70O8. The van der Waals surface area contributed by atoms with E-state index in [-0.39, 0.29) is 39.3 Å². The maximum absolute atomic E-state index is 11.2. The molecule has 8 nitrogen and oxygen atoms in total. The van der Waals surface area contributed by atoms with Gasteiger partial charge in [-0.1, -0.05) is 54.4 Å². The third-order valence-corrected chi connectivity index (χ3v) is 12.0. The van der Waals surface area contributed by atoms with Crippen LogP contribution in [0.4, 0.5) is 0 Å². The Labute approximate surface area is 275 Å². The van der Waals surface area contributed by atoms with E-state index in [1.807, 2.05) is 0 Å². The molecule has 0 amide bonds. The van der Waals surface area contributed by atoms with Gasteiger partial charge >= 0.3 is 0 Å². The Bertz CT molecular complexity index is 782. The predicted octanol–water partition coefficient (Wildman–Crippen LogP) is 6.58. The normalized spacial score (nSPS) is 24.8. The van der Waals surface area contributed by atoms with Crippen LogP contribution in [0.15, 0.2) is 0 Å². The summed E-state index contributed by atoms with van der Waals surface area (Å²) in [5.41, 5.74) is 0.775. The summed E-state index contributed by atoms with van der Waals surface area (Å²) in [5.74, 6) is 0. The van der Waals surface area contributed by atoms with Gasteiger partial charge in [-0.25, -0.2) is 0 Å². The van der Waals surface area contributed by atoms with Crippen LogP contribution in [0.5, 0.6) is 0 Å². The first-order valence-corrected chi connectivity index (χ1v) is 18.5. The van der Waals surface area contributed by atoms with Crippen molar-refractivity contribution in [3.63, 3.8) is 0 Å². The highest BCUT2D eigenvalue weighted by Gasteiger charge is 2.46. The van der Waals surface area contributed by atoms with Gasteiger partial charge in [0, 0.05) is 33.7 Å². The monoisotopic (exact) mass is 643 g/mol. The Morgan fingerprint density at radius 3 is 1.49 bits per heavy atom. The lowest BCUT2D eigenvalue weighted by Crippen LogP contribution is -2.50. The average Bonchev–Trinajstić information content (AvgIpc) is 2.97. The highest BCUT2D eigenvalue weighted by molar-refractivity contribution is 4.94. The quantitative estimate of drug-likeness (QED) is 0.121. The van der Waals surface area contributed by atoms with Gasteiger partial charge in [-0.15, -0.1) is 0 Å². The van der Waals surface area contributed by atoms with Crippen LogP contribution in [0.2, 0.25) is 0 Å². The second-order valence-electron chi connectivity index (χ2n) is 15.5. The van der Waals surface area contributed by atoms with E-state index in [9.17, 15) is 10.2 Å². The van der Waals surface area contributed by atoms with Gasteiger partial charge in [0.25, 0.3) is 0 Å². The van der Waals surface area contributed by atoms with Crippen LogP contribution in [0.25, 0.3) is 0 Å². The minimum absolute atomic E-state index is 0.132. The summed E-state index contributed by atoms with van der Waals surface area (Å²) in [6.07, 6.45) is 11.6. The van der Waals surface area contributed by atoms with Gasteiger partial charge in [0.15, 0.2) is 0 Å². The van der Waals surface area contributed by atoms with Crippen LogP contribution in [-0.4, -0.2) is 102 Å². The molecule has 4 fully saturated rings. The van der Waals surface area contributed by atoms with E-state index in [2.05, 4.69) is 41.5 Å². The first kappa shape index (κ1) is 39.1. The molecular weight excluding hydrogens is 572 g/mol. The van der Waals surface area contributed by atoms with Gasteiger partial charge in [-0.2, -0.15) is 0 Å². The number of ether oxygens (including phenoxy) is 6. The fourth-order valence-electron chi connectivity index (χ4n) is 7.06. The van der Waals surface area contributed by atoms with E-state index in [0.29, 0.717) is 6.61 Å². The molecule has 0 saturated carbocycles. The number of aliphatic hydroxyl groups excluding tert-OH is 2. The molecule has 0 aliphatic carbocycles. The van der Waals surface area contributed by atoms with Crippen molar-refractivity contribution in [2.75, 3.05) is 79.3 Å². The highest BCUT2D eigenvalue weighted by Crippen LogP contribution is 2.44. The van der Waals surface area contributed by atoms with Crippen molar-refractivity contribution in [3.8, 4) is 0 Å². The van der Waals surface area contributed by atoms with Gasteiger partial charge in [0.05, 0.1) is 84.9 Å². The van der Waals surface area contributed by atoms with Crippen molar-refractivity contribution in [2.24, 2.45) is 27.1 Å². The lowest BCUT2D eigenvalue weighted by molar-refractivity contribution is -0.176. The van der Waals surface area contributed by atoms with Crippen LogP contribution in [-0.2, 0) is 28.4 Å². The minimum Gasteiger partial charge on any atom is -0.393 e. The smallest absolute Gasteiger partial charge is 0.0625 e. The van der Waals surface area contributed by atoms with E-state index in [1.54, 1.807) is 0 Å². The Balaban J connectivity index is 0.000000251. The lowest BCUT2D eigenvalue weighted by Gasteiger charge is -2.47. The predicted molar refractivity (Wildman–Crippen MR) is 179 cm³/mol. The highest BCUT2D eigenvalue weighted by atomic mass is 16.5. The number of rotatable bonds is 23. The fourth-order valence-corrected chi connectivity index (χ4v) is 7.06. The summed E-state index contributed by atoms with van der Waals surface area (Å²) >= 11 is 0. The molecule has 8 heteroatoms. The van der Waals surface area contributed by atoms with Crippen molar-refractivity contribution in [1.29, 1.82) is 0 Å². The zero-order valence-corrected chi connectivity index (χ0v) is 30.0. The van der Waals surface area contributed by atoms with E-state index in [1.165, 1.54) is 0 Å². The first-order valence-electron chi connectivity index (χ1n) is 18.5. The average molecular weight is 643 g/mol. The molecule has 4 saturated heterocycles. The molecule has 0 aromatic rings. The molecule has 45 heavy (non-hydrogen) atoms. The molecule has 0 aromatic carbocycles. The summed E-state index contributed by atoms with van der Waals surface area (Å²) in [6.45, 7) is 22.7. The molecule has 0 aromatic heterocycles. The molecule has 4 heterocycles. The SMILES string of the molecule is CCC1(COCCCC(O)CC2(CC)COC2)COC1.CCCCC(CC)(COCC1(CC)COC1)C(O)CC1(CC)COC1. The largest absolute Gasteiger partial charge is 0.393 e. The summed E-state index contributed by atoms with van der Waals surface area (Å²) in [7, 11) is 0. The van der Waals surface area contributed by atoms with Crippen molar-refractivity contribution < 1.29 is 38.6 Å². The molecule has 4 rings (SSSR count). The first-order chi connectivity index (χ1) is 21.6. The molecule has 4 aliphatic rings. The summed E-state index contributed by atoms with van der Waals surface area (Å²) < 4.78 is 33.4. The maximum Gasteiger partial charge on any atom is 0.0625 e. The zero-order valence-electron chi connectivity index (χ0n) is 30.0. The van der Waals surface area contributed by atoms with Gasteiger partial charge in [0.2, 0.25) is 0 Å². The zero-order chi connectivity index (χ0) is 32.9. The maximum atomic E-state index is 11.2. The Hall–Kier alpha value is -0.320. The van der Waals surface area contributed by atoms with Crippen molar-refractivity contribution in [1.82, 2.24) is 0 Å². The molecule has 3 atom stereocenters. The van der Waals surface area contributed by atoms with Crippen LogP contribution >= 0.6 is 0 Å². The standard InChI is InChI=1S/C21H40O4.C16H30O4/c1-5-9-10-21(8-4,17-25-16-20(7-3)14-24-15-20)18(22)11-19(6-2)12-23-13-19;1-3-15(9-19-10-15)8-14(17)6-5-7-18-11-16(4-2)12-20-13-16/h18,22H,5-17H2,1-4H3;14,17H,3-13H2,1-2H3. The molecule has 3 unspecified atom stereocenters. The fraction of sp³-hybridized carbons (Fsp3) is 1.00.